The third-order valence-corrected chi connectivity index (χ3v) is 4.41. The molecule has 0 aliphatic rings. The highest BCUT2D eigenvalue weighted by Crippen LogP contribution is 2.42. The second kappa shape index (κ2) is 6.36. The fourth-order valence-electron chi connectivity index (χ4n) is 3.23. The van der Waals surface area contributed by atoms with Gasteiger partial charge in [-0.25, -0.2) is 13.6 Å². The van der Waals surface area contributed by atoms with Gasteiger partial charge in [-0.3, -0.25) is 0 Å². The van der Waals surface area contributed by atoms with Gasteiger partial charge in [0.2, 0.25) is 0 Å². The van der Waals surface area contributed by atoms with Gasteiger partial charge in [-0.15, -0.1) is 0 Å². The molecular formula is C22H14F2O3. The third-order valence-electron chi connectivity index (χ3n) is 4.41. The number of rotatable bonds is 3. The van der Waals surface area contributed by atoms with Gasteiger partial charge >= 0.3 is 5.97 Å². The average Bonchev–Trinajstić information content (AvgIpc) is 3.01. The van der Waals surface area contributed by atoms with Gasteiger partial charge in [0.05, 0.1) is 5.56 Å². The zero-order valence-corrected chi connectivity index (χ0v) is 14.3. The Hall–Kier alpha value is -3.47. The molecule has 0 atom stereocenters. The van der Waals surface area contributed by atoms with Gasteiger partial charge in [-0.05, 0) is 66.6 Å². The van der Waals surface area contributed by atoms with Crippen LogP contribution < -0.4 is 0 Å². The first-order valence-electron chi connectivity index (χ1n) is 8.26. The number of carbonyl (C=O) groups is 1. The number of halogens is 2. The highest BCUT2D eigenvalue weighted by Gasteiger charge is 2.23. The van der Waals surface area contributed by atoms with Crippen LogP contribution in [0.4, 0.5) is 8.78 Å². The van der Waals surface area contributed by atoms with Crippen LogP contribution in [0.2, 0.25) is 0 Å². The maximum atomic E-state index is 13.4. The summed E-state index contributed by atoms with van der Waals surface area (Å²) in [5, 5.41) is 10.1. The molecule has 0 unspecified atom stereocenters. The Morgan fingerprint density at radius 3 is 2.00 bits per heavy atom. The maximum Gasteiger partial charge on any atom is 0.336 e. The molecule has 27 heavy (non-hydrogen) atoms. The van der Waals surface area contributed by atoms with Crippen LogP contribution in [0.1, 0.15) is 15.9 Å². The molecule has 4 rings (SSSR count). The summed E-state index contributed by atoms with van der Waals surface area (Å²) < 4.78 is 32.8. The number of carboxylic acid groups (broad SMARTS) is 1. The van der Waals surface area contributed by atoms with Crippen LogP contribution in [-0.2, 0) is 0 Å². The van der Waals surface area contributed by atoms with Crippen LogP contribution >= 0.6 is 0 Å². The van der Waals surface area contributed by atoms with E-state index in [0.29, 0.717) is 33.4 Å². The summed E-state index contributed by atoms with van der Waals surface area (Å²) in [6, 6.07) is 14.8. The zero-order chi connectivity index (χ0) is 19.1. The van der Waals surface area contributed by atoms with Gasteiger partial charge in [-0.2, -0.15) is 0 Å². The predicted molar refractivity (Wildman–Crippen MR) is 98.7 cm³/mol. The molecule has 0 aliphatic carbocycles. The molecule has 1 N–H and O–H groups in total. The molecule has 0 saturated carbocycles. The number of fused-ring (bicyclic) bond motifs is 1. The number of hydrogen-bond acceptors (Lipinski definition) is 2. The Bertz CT molecular complexity index is 1160. The van der Waals surface area contributed by atoms with Crippen molar-refractivity contribution in [2.75, 3.05) is 0 Å². The number of aryl methyl sites for hydroxylation is 1. The van der Waals surface area contributed by atoms with Gasteiger partial charge in [0.1, 0.15) is 23.0 Å². The fourth-order valence-corrected chi connectivity index (χ4v) is 3.23. The van der Waals surface area contributed by atoms with E-state index in [2.05, 4.69) is 0 Å². The lowest BCUT2D eigenvalue weighted by molar-refractivity contribution is 0.0699. The first-order chi connectivity index (χ1) is 12.9. The van der Waals surface area contributed by atoms with E-state index in [9.17, 15) is 18.7 Å². The SMILES string of the molecule is Cc1cc(C(=O)O)c2c(-c3ccc(F)cc3)c(-c3ccc(F)cc3)oc2c1. The Labute approximate surface area is 153 Å². The van der Waals surface area contributed by atoms with Crippen molar-refractivity contribution in [1.29, 1.82) is 0 Å². The molecule has 0 radical (unpaired) electrons. The molecule has 0 bridgehead atoms. The average molecular weight is 364 g/mol. The van der Waals surface area contributed by atoms with Crippen LogP contribution in [0.5, 0.6) is 0 Å². The molecule has 0 saturated heterocycles. The minimum absolute atomic E-state index is 0.0986. The van der Waals surface area contributed by atoms with Crippen LogP contribution in [-0.4, -0.2) is 11.1 Å². The van der Waals surface area contributed by atoms with Crippen LogP contribution in [0.3, 0.4) is 0 Å². The minimum atomic E-state index is -1.08. The van der Waals surface area contributed by atoms with Crippen molar-refractivity contribution in [2.45, 2.75) is 6.92 Å². The normalized spacial score (nSPS) is 11.1. The summed E-state index contributed by atoms with van der Waals surface area (Å²) in [6.07, 6.45) is 0. The first-order valence-corrected chi connectivity index (χ1v) is 8.26. The molecule has 4 aromatic rings. The van der Waals surface area contributed by atoms with Gasteiger partial charge in [0.15, 0.2) is 0 Å². The Balaban J connectivity index is 2.12. The Morgan fingerprint density at radius 2 is 1.44 bits per heavy atom. The standard InChI is InChI=1S/C22H14F2O3/c1-12-10-17(22(25)26)20-18(11-12)27-21(14-4-8-16(24)9-5-14)19(20)13-2-6-15(23)7-3-13/h2-11H,1H3,(H,25,26). The van der Waals surface area contributed by atoms with Crippen LogP contribution in [0, 0.1) is 18.6 Å². The molecular weight excluding hydrogens is 350 g/mol. The monoisotopic (exact) mass is 364 g/mol. The van der Waals surface area contributed by atoms with Gasteiger partial charge in [0.25, 0.3) is 0 Å². The van der Waals surface area contributed by atoms with Crippen molar-refractivity contribution in [3.8, 4) is 22.5 Å². The number of hydrogen-bond donors (Lipinski definition) is 1. The number of aromatic carboxylic acids is 1. The number of benzene rings is 3. The smallest absolute Gasteiger partial charge is 0.336 e. The maximum absolute atomic E-state index is 13.4. The topological polar surface area (TPSA) is 50.4 Å². The summed E-state index contributed by atoms with van der Waals surface area (Å²) >= 11 is 0. The van der Waals surface area contributed by atoms with E-state index in [1.54, 1.807) is 43.3 Å². The van der Waals surface area contributed by atoms with Crippen molar-refractivity contribution >= 4 is 16.9 Å². The van der Waals surface area contributed by atoms with Gasteiger partial charge in [-0.1, -0.05) is 12.1 Å². The molecule has 0 aliphatic heterocycles. The molecule has 0 fully saturated rings. The Morgan fingerprint density at radius 1 is 0.889 bits per heavy atom. The molecule has 3 aromatic carbocycles. The van der Waals surface area contributed by atoms with E-state index >= 15 is 0 Å². The van der Waals surface area contributed by atoms with Crippen molar-refractivity contribution < 1.29 is 23.1 Å². The van der Waals surface area contributed by atoms with Gasteiger partial charge < -0.3 is 9.52 Å². The van der Waals surface area contributed by atoms with Gasteiger partial charge in [0, 0.05) is 16.5 Å². The number of carboxylic acids is 1. The molecule has 134 valence electrons. The molecule has 1 aromatic heterocycles. The highest BCUT2D eigenvalue weighted by atomic mass is 19.1. The lowest BCUT2D eigenvalue weighted by Crippen LogP contribution is -1.98. The summed E-state index contributed by atoms with van der Waals surface area (Å²) in [5.74, 6) is -1.47. The summed E-state index contributed by atoms with van der Waals surface area (Å²) in [5.41, 5.74) is 2.99. The summed E-state index contributed by atoms with van der Waals surface area (Å²) in [4.78, 5) is 11.8. The first kappa shape index (κ1) is 17.0. The second-order valence-corrected chi connectivity index (χ2v) is 6.31. The number of furan rings is 1. The largest absolute Gasteiger partial charge is 0.478 e. The van der Waals surface area contributed by atoms with E-state index in [1.165, 1.54) is 24.3 Å². The van der Waals surface area contributed by atoms with Crippen molar-refractivity contribution in [3.05, 3.63) is 83.4 Å². The van der Waals surface area contributed by atoms with E-state index in [4.69, 9.17) is 4.42 Å². The molecule has 0 amide bonds. The molecule has 1 heterocycles. The molecule has 0 spiro atoms. The lowest BCUT2D eigenvalue weighted by atomic mass is 9.95. The highest BCUT2D eigenvalue weighted by molar-refractivity contribution is 6.12. The lowest BCUT2D eigenvalue weighted by Gasteiger charge is -2.06. The summed E-state index contributed by atoms with van der Waals surface area (Å²) in [6.45, 7) is 1.78. The van der Waals surface area contributed by atoms with Crippen molar-refractivity contribution in [3.63, 3.8) is 0 Å². The molecule has 5 heteroatoms. The Kier molecular flexibility index (Phi) is 4.00. The summed E-state index contributed by atoms with van der Waals surface area (Å²) in [7, 11) is 0. The van der Waals surface area contributed by atoms with Crippen LogP contribution in [0.25, 0.3) is 33.4 Å². The van der Waals surface area contributed by atoms with Crippen molar-refractivity contribution in [1.82, 2.24) is 0 Å². The third kappa shape index (κ3) is 2.97. The van der Waals surface area contributed by atoms with E-state index in [-0.39, 0.29) is 11.4 Å². The second-order valence-electron chi connectivity index (χ2n) is 6.31. The van der Waals surface area contributed by atoms with E-state index < -0.39 is 11.8 Å². The van der Waals surface area contributed by atoms with Crippen molar-refractivity contribution in [2.24, 2.45) is 0 Å². The quantitative estimate of drug-likeness (QED) is 0.481. The van der Waals surface area contributed by atoms with E-state index in [0.717, 1.165) is 5.56 Å². The molecule has 3 nitrogen and oxygen atoms in total. The predicted octanol–water partition coefficient (Wildman–Crippen LogP) is 6.05. The minimum Gasteiger partial charge on any atom is -0.478 e. The fraction of sp³-hybridized carbons (Fsp3) is 0.0455. The zero-order valence-electron chi connectivity index (χ0n) is 14.3. The van der Waals surface area contributed by atoms with E-state index in [1.807, 2.05) is 0 Å². The van der Waals surface area contributed by atoms with Crippen LogP contribution in [0.15, 0.2) is 65.1 Å².